The first-order chi connectivity index (χ1) is 9.31. The summed E-state index contributed by atoms with van der Waals surface area (Å²) in [4.78, 5) is 11.0. The Morgan fingerprint density at radius 2 is 2.15 bits per heavy atom. The molecule has 0 unspecified atom stereocenters. The molecule has 0 atom stereocenters. The van der Waals surface area contributed by atoms with Crippen LogP contribution in [0.3, 0.4) is 0 Å². The number of aromatic nitrogens is 4. The number of sulfone groups is 1. The molecule has 0 spiro atoms. The third kappa shape index (κ3) is 2.09. The van der Waals surface area contributed by atoms with E-state index in [9.17, 15) is 13.2 Å². The molecule has 20 heavy (non-hydrogen) atoms. The van der Waals surface area contributed by atoms with Gasteiger partial charge in [0.2, 0.25) is 0 Å². The van der Waals surface area contributed by atoms with E-state index in [0.29, 0.717) is 6.29 Å². The lowest BCUT2D eigenvalue weighted by Crippen LogP contribution is -2.05. The zero-order valence-corrected chi connectivity index (χ0v) is 12.0. The maximum Gasteiger partial charge on any atom is 0.196 e. The van der Waals surface area contributed by atoms with Crippen molar-refractivity contribution < 1.29 is 13.2 Å². The van der Waals surface area contributed by atoms with Crippen LogP contribution in [0.25, 0.3) is 5.82 Å². The van der Waals surface area contributed by atoms with Crippen molar-refractivity contribution in [2.45, 2.75) is 5.03 Å². The van der Waals surface area contributed by atoms with E-state index in [-0.39, 0.29) is 27.1 Å². The summed E-state index contributed by atoms with van der Waals surface area (Å²) >= 11 is 6.01. The number of aryl methyl sites for hydroxylation is 1. The Hall–Kier alpha value is -2.18. The van der Waals surface area contributed by atoms with Crippen LogP contribution in [0.1, 0.15) is 16.1 Å². The van der Waals surface area contributed by atoms with Crippen molar-refractivity contribution >= 4 is 27.7 Å². The van der Waals surface area contributed by atoms with Crippen LogP contribution in [0, 0.1) is 11.3 Å². The molecule has 0 aliphatic rings. The van der Waals surface area contributed by atoms with Gasteiger partial charge in [0.15, 0.2) is 27.0 Å². The lowest BCUT2D eigenvalue weighted by atomic mass is 10.3. The van der Waals surface area contributed by atoms with Gasteiger partial charge in [0.25, 0.3) is 0 Å². The number of hydrogen-bond donors (Lipinski definition) is 0. The number of hydrogen-bond acceptors (Lipinski definition) is 6. The summed E-state index contributed by atoms with van der Waals surface area (Å²) in [6.45, 7) is 0. The molecule has 0 radical (unpaired) electrons. The zero-order chi connectivity index (χ0) is 15.1. The minimum Gasteiger partial charge on any atom is -0.296 e. The summed E-state index contributed by atoms with van der Waals surface area (Å²) in [7, 11) is -2.19. The van der Waals surface area contributed by atoms with Gasteiger partial charge in [0.1, 0.15) is 22.3 Å². The van der Waals surface area contributed by atoms with Crippen molar-refractivity contribution in [3.05, 3.63) is 22.5 Å². The smallest absolute Gasteiger partial charge is 0.196 e. The van der Waals surface area contributed by atoms with Gasteiger partial charge in [-0.3, -0.25) is 9.48 Å². The second kappa shape index (κ2) is 4.73. The minimum atomic E-state index is -3.60. The maximum absolute atomic E-state index is 11.6. The Labute approximate surface area is 119 Å². The Kier molecular flexibility index (Phi) is 3.37. The average Bonchev–Trinajstić information content (AvgIpc) is 2.88. The number of aldehydes is 1. The highest BCUT2D eigenvalue weighted by molar-refractivity contribution is 7.90. The van der Waals surface area contributed by atoms with Crippen molar-refractivity contribution in [1.29, 1.82) is 5.26 Å². The second-order valence-electron chi connectivity index (χ2n) is 3.92. The Balaban J connectivity index is 2.77. The molecular formula is C10H8ClN5O3S. The van der Waals surface area contributed by atoms with Crippen LogP contribution in [0.2, 0.25) is 5.02 Å². The van der Waals surface area contributed by atoms with Crippen molar-refractivity contribution in [2.75, 3.05) is 6.26 Å². The number of carbonyl (C=O) groups is 1. The first kappa shape index (κ1) is 14.2. The molecule has 10 heteroatoms. The normalized spacial score (nSPS) is 11.3. The van der Waals surface area contributed by atoms with Crippen molar-refractivity contribution in [1.82, 2.24) is 19.6 Å². The van der Waals surface area contributed by atoms with Crippen LogP contribution in [0.4, 0.5) is 0 Å². The largest absolute Gasteiger partial charge is 0.296 e. The second-order valence-corrected chi connectivity index (χ2v) is 6.23. The Morgan fingerprint density at radius 3 is 2.60 bits per heavy atom. The average molecular weight is 314 g/mol. The molecule has 0 aromatic carbocycles. The molecule has 0 amide bonds. The van der Waals surface area contributed by atoms with E-state index in [2.05, 4.69) is 10.2 Å². The minimum absolute atomic E-state index is 0.0295. The van der Waals surface area contributed by atoms with Gasteiger partial charge in [-0.15, -0.1) is 0 Å². The summed E-state index contributed by atoms with van der Waals surface area (Å²) in [5.41, 5.74) is -0.00447. The summed E-state index contributed by atoms with van der Waals surface area (Å²) in [6, 6.07) is 1.80. The van der Waals surface area contributed by atoms with Crippen molar-refractivity contribution in [2.24, 2.45) is 7.05 Å². The summed E-state index contributed by atoms with van der Waals surface area (Å²) in [6.07, 6.45) is 2.59. The molecule has 8 nitrogen and oxygen atoms in total. The number of rotatable bonds is 3. The van der Waals surface area contributed by atoms with Gasteiger partial charge in [-0.25, -0.2) is 13.1 Å². The van der Waals surface area contributed by atoms with E-state index >= 15 is 0 Å². The number of nitriles is 1. The molecule has 0 N–H and O–H groups in total. The van der Waals surface area contributed by atoms with Gasteiger partial charge in [-0.05, 0) is 0 Å². The van der Waals surface area contributed by atoms with Crippen LogP contribution >= 0.6 is 11.6 Å². The van der Waals surface area contributed by atoms with Gasteiger partial charge >= 0.3 is 0 Å². The highest BCUT2D eigenvalue weighted by atomic mass is 35.5. The quantitative estimate of drug-likeness (QED) is 0.756. The molecule has 0 saturated heterocycles. The van der Waals surface area contributed by atoms with Crippen LogP contribution in [-0.4, -0.2) is 40.5 Å². The Morgan fingerprint density at radius 1 is 1.50 bits per heavy atom. The fraction of sp³-hybridized carbons (Fsp3) is 0.200. The predicted octanol–water partition coefficient (Wildman–Crippen LogP) is 0.347. The van der Waals surface area contributed by atoms with E-state index in [4.69, 9.17) is 16.9 Å². The van der Waals surface area contributed by atoms with Crippen LogP contribution in [0.15, 0.2) is 11.2 Å². The SMILES string of the molecule is Cn1nc(-n2ncc(C#N)c2C=O)c(Cl)c1S(C)(=O)=O. The number of halogens is 1. The monoisotopic (exact) mass is 313 g/mol. The molecule has 0 fully saturated rings. The van der Waals surface area contributed by atoms with E-state index in [1.165, 1.54) is 13.2 Å². The number of carbonyl (C=O) groups excluding carboxylic acids is 1. The number of nitrogens with zero attached hydrogens (tertiary/aromatic N) is 5. The summed E-state index contributed by atoms with van der Waals surface area (Å²) < 4.78 is 25.4. The van der Waals surface area contributed by atoms with Crippen molar-refractivity contribution in [3.63, 3.8) is 0 Å². The van der Waals surface area contributed by atoms with E-state index < -0.39 is 9.84 Å². The van der Waals surface area contributed by atoms with Gasteiger partial charge < -0.3 is 0 Å². The summed E-state index contributed by atoms with van der Waals surface area (Å²) in [5.74, 6) is -0.0295. The highest BCUT2D eigenvalue weighted by Gasteiger charge is 2.25. The van der Waals surface area contributed by atoms with Gasteiger partial charge in [-0.2, -0.15) is 15.5 Å². The van der Waals surface area contributed by atoms with Crippen LogP contribution in [0.5, 0.6) is 0 Å². The van der Waals surface area contributed by atoms with Crippen LogP contribution < -0.4 is 0 Å². The molecule has 0 saturated carbocycles. The fourth-order valence-corrected chi connectivity index (χ4v) is 3.33. The predicted molar refractivity (Wildman–Crippen MR) is 68.6 cm³/mol. The lowest BCUT2D eigenvalue weighted by Gasteiger charge is -1.99. The third-order valence-corrected chi connectivity index (χ3v) is 4.14. The van der Waals surface area contributed by atoms with Crippen molar-refractivity contribution in [3.8, 4) is 11.9 Å². The lowest BCUT2D eigenvalue weighted by molar-refractivity contribution is 0.111. The van der Waals surface area contributed by atoms with E-state index in [1.54, 1.807) is 6.07 Å². The maximum atomic E-state index is 11.6. The van der Waals surface area contributed by atoms with Gasteiger partial charge in [0.05, 0.1) is 6.20 Å². The standard InChI is InChI=1S/C10H8ClN5O3S/c1-15-10(20(2,18)19)8(11)9(14-15)16-7(5-17)6(3-12)4-13-16/h4-5H,1-2H3. The molecule has 2 rings (SSSR count). The summed E-state index contributed by atoms with van der Waals surface area (Å²) in [5, 5.41) is 16.3. The van der Waals surface area contributed by atoms with Gasteiger partial charge in [-0.1, -0.05) is 11.6 Å². The molecule has 2 aromatic heterocycles. The fourth-order valence-electron chi connectivity index (χ4n) is 1.73. The molecule has 0 aliphatic carbocycles. The molecule has 104 valence electrons. The highest BCUT2D eigenvalue weighted by Crippen LogP contribution is 2.28. The van der Waals surface area contributed by atoms with Crippen LogP contribution in [-0.2, 0) is 16.9 Å². The Bertz CT molecular complexity index is 843. The first-order valence-corrected chi connectivity index (χ1v) is 7.44. The first-order valence-electron chi connectivity index (χ1n) is 5.17. The topological polar surface area (TPSA) is 111 Å². The molecule has 0 aliphatic heterocycles. The molecule has 2 heterocycles. The molecular weight excluding hydrogens is 306 g/mol. The molecule has 2 aromatic rings. The third-order valence-electron chi connectivity index (χ3n) is 2.51. The van der Waals surface area contributed by atoms with E-state index in [1.807, 2.05) is 0 Å². The van der Waals surface area contributed by atoms with Gasteiger partial charge in [0, 0.05) is 13.3 Å². The van der Waals surface area contributed by atoms with E-state index in [0.717, 1.165) is 15.6 Å². The zero-order valence-electron chi connectivity index (χ0n) is 10.4. The molecule has 0 bridgehead atoms.